The first-order valence-electron chi connectivity index (χ1n) is 6.21. The summed E-state index contributed by atoms with van der Waals surface area (Å²) in [6.45, 7) is 0. The van der Waals surface area contributed by atoms with Crippen molar-refractivity contribution >= 4 is 23.2 Å². The highest BCUT2D eigenvalue weighted by Gasteiger charge is 2.20. The van der Waals surface area contributed by atoms with Gasteiger partial charge in [0.05, 0.1) is 10.7 Å². The number of hydrogen-bond acceptors (Lipinski definition) is 4. The van der Waals surface area contributed by atoms with Crippen molar-refractivity contribution < 1.29 is 9.90 Å². The topological polar surface area (TPSA) is 40.5 Å². The van der Waals surface area contributed by atoms with Crippen molar-refractivity contribution in [3.63, 3.8) is 0 Å². The van der Waals surface area contributed by atoms with Gasteiger partial charge in [0.1, 0.15) is 0 Å². The third-order valence-corrected chi connectivity index (χ3v) is 4.36. The number of hydrogen-bond donors (Lipinski definition) is 1. The Kier molecular flexibility index (Phi) is 3.24. The Morgan fingerprint density at radius 1 is 1.20 bits per heavy atom. The van der Waals surface area contributed by atoms with E-state index in [9.17, 15) is 9.90 Å². The highest BCUT2D eigenvalue weighted by Crippen LogP contribution is 2.44. The molecule has 0 spiro atoms. The van der Waals surface area contributed by atoms with Crippen molar-refractivity contribution in [1.82, 2.24) is 0 Å². The lowest BCUT2D eigenvalue weighted by Crippen LogP contribution is -2.09. The number of carbonyl (C=O) groups excluding carboxylic acids is 1. The van der Waals surface area contributed by atoms with Gasteiger partial charge < -0.3 is 10.0 Å². The number of ketones is 1. The number of benzene rings is 1. The molecule has 4 heteroatoms. The molecule has 0 saturated heterocycles. The predicted octanol–water partition coefficient (Wildman–Crippen LogP) is 3.58. The summed E-state index contributed by atoms with van der Waals surface area (Å²) in [5.41, 5.74) is 1.99. The van der Waals surface area contributed by atoms with Gasteiger partial charge in [-0.25, -0.2) is 0 Å². The van der Waals surface area contributed by atoms with E-state index in [0.717, 1.165) is 10.6 Å². The Morgan fingerprint density at radius 3 is 2.75 bits per heavy atom. The molecule has 3 nitrogen and oxygen atoms in total. The maximum absolute atomic E-state index is 11.1. The summed E-state index contributed by atoms with van der Waals surface area (Å²) in [6.07, 6.45) is 8.44. The first kappa shape index (κ1) is 12.8. The molecule has 1 aromatic rings. The molecule has 100 valence electrons. The van der Waals surface area contributed by atoms with Gasteiger partial charge in [0.15, 0.2) is 5.76 Å². The SMILES string of the molecule is CN1/C(=C\C=C2/C=CC(=O)C(O)=C2)Sc2ccccc21. The third kappa shape index (κ3) is 2.30. The van der Waals surface area contributed by atoms with E-state index in [2.05, 4.69) is 17.0 Å². The fourth-order valence-electron chi connectivity index (χ4n) is 2.07. The quantitative estimate of drug-likeness (QED) is 0.855. The fraction of sp³-hybridized carbons (Fsp3) is 0.0625. The molecule has 1 aliphatic heterocycles. The van der Waals surface area contributed by atoms with Crippen LogP contribution in [-0.4, -0.2) is 17.9 Å². The summed E-state index contributed by atoms with van der Waals surface area (Å²) in [5, 5.41) is 10.5. The maximum atomic E-state index is 11.1. The number of nitrogens with zero attached hydrogens (tertiary/aromatic N) is 1. The van der Waals surface area contributed by atoms with Crippen LogP contribution < -0.4 is 4.90 Å². The Bertz CT molecular complexity index is 698. The van der Waals surface area contributed by atoms with E-state index in [1.807, 2.05) is 31.3 Å². The number of carbonyl (C=O) groups is 1. The molecule has 2 aliphatic rings. The summed E-state index contributed by atoms with van der Waals surface area (Å²) in [5.74, 6) is -0.567. The number of allylic oxidation sites excluding steroid dienone is 6. The van der Waals surface area contributed by atoms with Crippen LogP contribution in [0.15, 0.2) is 75.9 Å². The molecule has 1 N–H and O–H groups in total. The maximum Gasteiger partial charge on any atom is 0.220 e. The van der Waals surface area contributed by atoms with Gasteiger partial charge in [-0.1, -0.05) is 36.0 Å². The fourth-order valence-corrected chi connectivity index (χ4v) is 3.12. The molecule has 0 radical (unpaired) electrons. The minimum Gasteiger partial charge on any atom is -0.504 e. The minimum absolute atomic E-state index is 0.215. The Morgan fingerprint density at radius 2 is 2.00 bits per heavy atom. The predicted molar refractivity (Wildman–Crippen MR) is 81.7 cm³/mol. The number of aliphatic hydroxyl groups is 1. The number of fused-ring (bicyclic) bond motifs is 1. The second kappa shape index (κ2) is 5.06. The van der Waals surface area contributed by atoms with Gasteiger partial charge in [-0.3, -0.25) is 4.79 Å². The van der Waals surface area contributed by atoms with Crippen LogP contribution in [0, 0.1) is 0 Å². The molecule has 0 saturated carbocycles. The van der Waals surface area contributed by atoms with Gasteiger partial charge in [-0.15, -0.1) is 0 Å². The van der Waals surface area contributed by atoms with Crippen molar-refractivity contribution in [3.8, 4) is 0 Å². The normalized spacial score (nSPS) is 21.6. The molecule has 3 rings (SSSR count). The van der Waals surface area contributed by atoms with Crippen LogP contribution in [0.3, 0.4) is 0 Å². The second-order valence-electron chi connectivity index (χ2n) is 4.53. The van der Waals surface area contributed by atoms with Crippen molar-refractivity contribution in [1.29, 1.82) is 0 Å². The molecule has 20 heavy (non-hydrogen) atoms. The number of para-hydroxylation sites is 1. The average molecular weight is 283 g/mol. The number of anilines is 1. The van der Waals surface area contributed by atoms with Crippen molar-refractivity contribution in [2.24, 2.45) is 0 Å². The van der Waals surface area contributed by atoms with Crippen LogP contribution in [0.4, 0.5) is 5.69 Å². The van der Waals surface area contributed by atoms with E-state index in [1.165, 1.54) is 22.7 Å². The van der Waals surface area contributed by atoms with Crippen molar-refractivity contribution in [3.05, 3.63) is 71.0 Å². The summed E-state index contributed by atoms with van der Waals surface area (Å²) < 4.78 is 0. The lowest BCUT2D eigenvalue weighted by Gasteiger charge is -2.12. The molecule has 0 amide bonds. The molecular formula is C16H13NO2S. The summed E-state index contributed by atoms with van der Waals surface area (Å²) >= 11 is 1.70. The van der Waals surface area contributed by atoms with Crippen LogP contribution in [0.5, 0.6) is 0 Å². The van der Waals surface area contributed by atoms with Crippen molar-refractivity contribution in [2.45, 2.75) is 4.90 Å². The lowest BCUT2D eigenvalue weighted by molar-refractivity contribution is -0.113. The van der Waals surface area contributed by atoms with E-state index in [4.69, 9.17) is 0 Å². The Labute approximate surface area is 121 Å². The molecular weight excluding hydrogens is 270 g/mol. The zero-order chi connectivity index (χ0) is 14.1. The Hall–Kier alpha value is -2.20. The van der Waals surface area contributed by atoms with Crippen LogP contribution in [-0.2, 0) is 4.79 Å². The molecule has 0 aromatic heterocycles. The van der Waals surface area contributed by atoms with Crippen LogP contribution in [0.1, 0.15) is 0 Å². The van der Waals surface area contributed by atoms with Gasteiger partial charge in [0.2, 0.25) is 5.78 Å². The number of aliphatic hydroxyl groups excluding tert-OH is 1. The van der Waals surface area contributed by atoms with Gasteiger partial charge >= 0.3 is 0 Å². The first-order chi connectivity index (χ1) is 9.65. The molecule has 1 aliphatic carbocycles. The molecule has 0 unspecified atom stereocenters. The summed E-state index contributed by atoms with van der Waals surface area (Å²) in [6, 6.07) is 8.22. The third-order valence-electron chi connectivity index (χ3n) is 3.17. The molecule has 0 atom stereocenters. The summed E-state index contributed by atoms with van der Waals surface area (Å²) in [4.78, 5) is 14.5. The van der Waals surface area contributed by atoms with Gasteiger partial charge in [0.25, 0.3) is 0 Å². The van der Waals surface area contributed by atoms with Crippen LogP contribution in [0.2, 0.25) is 0 Å². The minimum atomic E-state index is -0.352. The second-order valence-corrected chi connectivity index (χ2v) is 5.59. The highest BCUT2D eigenvalue weighted by molar-refractivity contribution is 8.03. The van der Waals surface area contributed by atoms with E-state index in [1.54, 1.807) is 17.8 Å². The summed E-state index contributed by atoms with van der Waals surface area (Å²) in [7, 11) is 2.02. The highest BCUT2D eigenvalue weighted by atomic mass is 32.2. The van der Waals surface area contributed by atoms with Gasteiger partial charge in [0, 0.05) is 11.9 Å². The van der Waals surface area contributed by atoms with E-state index in [0.29, 0.717) is 0 Å². The van der Waals surface area contributed by atoms with Crippen LogP contribution in [0.25, 0.3) is 0 Å². The van der Waals surface area contributed by atoms with E-state index < -0.39 is 0 Å². The first-order valence-corrected chi connectivity index (χ1v) is 7.02. The molecule has 1 aromatic carbocycles. The largest absolute Gasteiger partial charge is 0.504 e. The zero-order valence-corrected chi connectivity index (χ0v) is 11.7. The molecule has 1 heterocycles. The van der Waals surface area contributed by atoms with Crippen molar-refractivity contribution in [2.75, 3.05) is 11.9 Å². The monoisotopic (exact) mass is 283 g/mol. The number of thioether (sulfide) groups is 1. The standard InChI is InChI=1S/C16H13NO2S/c1-17-12-4-2-3-5-15(12)20-16(17)9-7-11-6-8-13(18)14(19)10-11/h2-10,19H,1H3/b11-7+,16-9+. The molecule has 0 bridgehead atoms. The van der Waals surface area contributed by atoms with E-state index in [-0.39, 0.29) is 11.5 Å². The van der Waals surface area contributed by atoms with Gasteiger partial charge in [-0.05, 0) is 35.9 Å². The zero-order valence-electron chi connectivity index (χ0n) is 10.9. The molecule has 0 fully saturated rings. The van der Waals surface area contributed by atoms with Gasteiger partial charge in [-0.2, -0.15) is 0 Å². The lowest BCUT2D eigenvalue weighted by atomic mass is 10.1. The van der Waals surface area contributed by atoms with E-state index >= 15 is 0 Å². The average Bonchev–Trinajstić information content (AvgIpc) is 2.77. The number of rotatable bonds is 1. The van der Waals surface area contributed by atoms with Crippen LogP contribution >= 0.6 is 11.8 Å². The smallest absolute Gasteiger partial charge is 0.220 e. The Balaban J connectivity index is 1.86.